The lowest BCUT2D eigenvalue weighted by Gasteiger charge is -2.35. The molecule has 4 heterocycles. The van der Waals surface area contributed by atoms with Crippen molar-refractivity contribution in [2.75, 3.05) is 54.4 Å². The van der Waals surface area contributed by atoms with Gasteiger partial charge in [-0.15, -0.1) is 0 Å². The van der Waals surface area contributed by atoms with Gasteiger partial charge in [-0.25, -0.2) is 9.97 Å². The van der Waals surface area contributed by atoms with E-state index in [0.717, 1.165) is 54.6 Å². The summed E-state index contributed by atoms with van der Waals surface area (Å²) < 4.78 is 7.87. The van der Waals surface area contributed by atoms with E-state index in [4.69, 9.17) is 14.7 Å². The first-order valence-electron chi connectivity index (χ1n) is 12.5. The van der Waals surface area contributed by atoms with E-state index in [9.17, 15) is 0 Å². The molecule has 186 valence electrons. The van der Waals surface area contributed by atoms with Crippen LogP contribution in [0.1, 0.15) is 0 Å². The number of nitrogens with zero attached hydrogens (tertiary/aromatic N) is 7. The van der Waals surface area contributed by atoms with Crippen LogP contribution in [0.25, 0.3) is 16.9 Å². The Hall–Kier alpha value is -4.66. The Morgan fingerprint density at radius 2 is 1.49 bits per heavy atom. The van der Waals surface area contributed by atoms with Crippen LogP contribution in [0.4, 0.5) is 17.6 Å². The second-order valence-corrected chi connectivity index (χ2v) is 8.74. The summed E-state index contributed by atoms with van der Waals surface area (Å²) >= 11 is 0. The van der Waals surface area contributed by atoms with Crippen molar-refractivity contribution >= 4 is 28.7 Å². The number of rotatable bonds is 8. The largest absolute Gasteiger partial charge is 0.492 e. The fourth-order valence-electron chi connectivity index (χ4n) is 4.46. The predicted octanol–water partition coefficient (Wildman–Crippen LogP) is 4.03. The van der Waals surface area contributed by atoms with Crippen molar-refractivity contribution in [2.24, 2.45) is 0 Å². The SMILES string of the molecule is c1ccc(OCCNc2nc(N3CCN(c4ccccn4)CC3)nc3c2ncn3-c2ccccc2)cc1. The number of imidazole rings is 1. The van der Waals surface area contributed by atoms with Crippen molar-refractivity contribution in [3.8, 4) is 11.4 Å². The van der Waals surface area contributed by atoms with Crippen LogP contribution in [0.2, 0.25) is 0 Å². The molecule has 9 nitrogen and oxygen atoms in total. The van der Waals surface area contributed by atoms with Crippen LogP contribution in [-0.4, -0.2) is 63.8 Å². The van der Waals surface area contributed by atoms with E-state index in [1.807, 2.05) is 77.8 Å². The molecule has 5 aromatic rings. The Kier molecular flexibility index (Phi) is 6.48. The molecule has 0 amide bonds. The molecule has 3 aromatic heterocycles. The molecule has 1 N–H and O–H groups in total. The van der Waals surface area contributed by atoms with Gasteiger partial charge in [-0.2, -0.15) is 9.97 Å². The van der Waals surface area contributed by atoms with Crippen LogP contribution in [-0.2, 0) is 0 Å². The number of para-hydroxylation sites is 2. The third-order valence-corrected chi connectivity index (χ3v) is 6.36. The van der Waals surface area contributed by atoms with E-state index < -0.39 is 0 Å². The van der Waals surface area contributed by atoms with E-state index in [1.54, 1.807) is 0 Å². The summed E-state index contributed by atoms with van der Waals surface area (Å²) in [4.78, 5) is 23.6. The number of nitrogens with one attached hydrogen (secondary N) is 1. The third-order valence-electron chi connectivity index (χ3n) is 6.36. The standard InChI is InChI=1S/C28H28N8O/c1-3-9-22(10-4-1)36-21-31-25-26(30-15-20-37-23-11-5-2-6-12-23)32-28(33-27(25)36)35-18-16-34(17-19-35)24-13-7-8-14-29-24/h1-14,21H,15-20H2,(H,30,32,33). The summed E-state index contributed by atoms with van der Waals surface area (Å²) in [6.45, 7) is 4.41. The first-order valence-corrected chi connectivity index (χ1v) is 12.5. The molecule has 0 unspecified atom stereocenters. The second kappa shape index (κ2) is 10.5. The van der Waals surface area contributed by atoms with Crippen molar-refractivity contribution in [1.29, 1.82) is 0 Å². The molecule has 0 radical (unpaired) electrons. The van der Waals surface area contributed by atoms with Crippen molar-refractivity contribution in [2.45, 2.75) is 0 Å². The summed E-state index contributed by atoms with van der Waals surface area (Å²) in [6, 6.07) is 26.0. The van der Waals surface area contributed by atoms with Gasteiger partial charge in [0.15, 0.2) is 17.0 Å². The highest BCUT2D eigenvalue weighted by Gasteiger charge is 2.23. The van der Waals surface area contributed by atoms with Crippen molar-refractivity contribution in [1.82, 2.24) is 24.5 Å². The fraction of sp³-hybridized carbons (Fsp3) is 0.214. The molecule has 0 atom stereocenters. The smallest absolute Gasteiger partial charge is 0.229 e. The number of anilines is 3. The fourth-order valence-corrected chi connectivity index (χ4v) is 4.46. The number of hydrogen-bond donors (Lipinski definition) is 1. The zero-order valence-corrected chi connectivity index (χ0v) is 20.4. The average Bonchev–Trinajstić information content (AvgIpc) is 3.41. The van der Waals surface area contributed by atoms with Gasteiger partial charge in [0.05, 0.1) is 6.54 Å². The highest BCUT2D eigenvalue weighted by atomic mass is 16.5. The van der Waals surface area contributed by atoms with Crippen LogP contribution in [0.15, 0.2) is 91.4 Å². The van der Waals surface area contributed by atoms with Crippen molar-refractivity contribution < 1.29 is 4.74 Å². The molecule has 1 fully saturated rings. The van der Waals surface area contributed by atoms with Crippen LogP contribution in [0, 0.1) is 0 Å². The quantitative estimate of drug-likeness (QED) is 0.325. The van der Waals surface area contributed by atoms with E-state index in [2.05, 4.69) is 43.3 Å². The lowest BCUT2D eigenvalue weighted by atomic mass is 10.3. The van der Waals surface area contributed by atoms with Crippen molar-refractivity contribution in [3.05, 3.63) is 91.4 Å². The molecule has 9 heteroatoms. The predicted molar refractivity (Wildman–Crippen MR) is 146 cm³/mol. The molecular formula is C28H28N8O. The number of ether oxygens (including phenoxy) is 1. The highest BCUT2D eigenvalue weighted by molar-refractivity contribution is 5.85. The summed E-state index contributed by atoms with van der Waals surface area (Å²) in [7, 11) is 0. The van der Waals surface area contributed by atoms with Crippen LogP contribution in [0.5, 0.6) is 5.75 Å². The Morgan fingerprint density at radius 3 is 2.24 bits per heavy atom. The van der Waals surface area contributed by atoms with Gasteiger partial charge in [-0.1, -0.05) is 42.5 Å². The maximum Gasteiger partial charge on any atom is 0.229 e. The van der Waals surface area contributed by atoms with E-state index >= 15 is 0 Å². The molecule has 2 aromatic carbocycles. The number of fused-ring (bicyclic) bond motifs is 1. The average molecular weight is 493 g/mol. The van der Waals surface area contributed by atoms with Gasteiger partial charge in [0.2, 0.25) is 5.95 Å². The Balaban J connectivity index is 1.25. The van der Waals surface area contributed by atoms with Crippen LogP contribution in [0.3, 0.4) is 0 Å². The van der Waals surface area contributed by atoms with Crippen LogP contribution >= 0.6 is 0 Å². The van der Waals surface area contributed by atoms with E-state index in [1.165, 1.54) is 0 Å². The molecule has 6 rings (SSSR count). The lowest BCUT2D eigenvalue weighted by Crippen LogP contribution is -2.47. The molecule has 1 aliphatic rings. The maximum absolute atomic E-state index is 5.86. The van der Waals surface area contributed by atoms with E-state index in [-0.39, 0.29) is 0 Å². The summed E-state index contributed by atoms with van der Waals surface area (Å²) in [5.41, 5.74) is 2.52. The number of piperazine rings is 1. The zero-order valence-electron chi connectivity index (χ0n) is 20.4. The summed E-state index contributed by atoms with van der Waals surface area (Å²) in [5, 5.41) is 3.44. The van der Waals surface area contributed by atoms with Gasteiger partial charge in [0, 0.05) is 38.1 Å². The van der Waals surface area contributed by atoms with Gasteiger partial charge < -0.3 is 19.9 Å². The minimum Gasteiger partial charge on any atom is -0.492 e. The molecular weight excluding hydrogens is 464 g/mol. The van der Waals surface area contributed by atoms with E-state index in [0.29, 0.717) is 24.9 Å². The van der Waals surface area contributed by atoms with Gasteiger partial charge in [0.25, 0.3) is 0 Å². The molecule has 0 spiro atoms. The van der Waals surface area contributed by atoms with Crippen molar-refractivity contribution in [3.63, 3.8) is 0 Å². The maximum atomic E-state index is 5.86. The van der Waals surface area contributed by atoms with Crippen LogP contribution < -0.4 is 19.9 Å². The topological polar surface area (TPSA) is 84.2 Å². The molecule has 0 bridgehead atoms. The molecule has 37 heavy (non-hydrogen) atoms. The molecule has 1 aliphatic heterocycles. The Labute approximate surface area is 215 Å². The number of aromatic nitrogens is 5. The molecule has 0 aliphatic carbocycles. The number of pyridine rings is 1. The summed E-state index contributed by atoms with van der Waals surface area (Å²) in [6.07, 6.45) is 3.64. The monoisotopic (exact) mass is 492 g/mol. The first-order chi connectivity index (χ1) is 18.3. The minimum absolute atomic E-state index is 0.507. The third kappa shape index (κ3) is 5.02. The lowest BCUT2D eigenvalue weighted by molar-refractivity contribution is 0.333. The van der Waals surface area contributed by atoms with Gasteiger partial charge >= 0.3 is 0 Å². The minimum atomic E-state index is 0.507. The summed E-state index contributed by atoms with van der Waals surface area (Å²) in [5.74, 6) is 3.24. The number of hydrogen-bond acceptors (Lipinski definition) is 8. The highest BCUT2D eigenvalue weighted by Crippen LogP contribution is 2.26. The number of benzene rings is 2. The first kappa shape index (κ1) is 22.8. The van der Waals surface area contributed by atoms with Gasteiger partial charge in [-0.05, 0) is 36.4 Å². The Bertz CT molecular complexity index is 1440. The Morgan fingerprint density at radius 1 is 0.757 bits per heavy atom. The normalized spacial score (nSPS) is 13.6. The van der Waals surface area contributed by atoms with Gasteiger partial charge in [-0.3, -0.25) is 4.57 Å². The second-order valence-electron chi connectivity index (χ2n) is 8.74. The van der Waals surface area contributed by atoms with Gasteiger partial charge in [0.1, 0.15) is 24.5 Å². The molecule has 0 saturated carbocycles. The molecule has 1 saturated heterocycles. The zero-order chi connectivity index (χ0) is 24.9.